The first-order valence-corrected chi connectivity index (χ1v) is 7.08. The number of hydrogen-bond acceptors (Lipinski definition) is 5. The smallest absolute Gasteiger partial charge is 0.309 e. The lowest BCUT2D eigenvalue weighted by molar-refractivity contribution is -0.148. The van der Waals surface area contributed by atoms with Gasteiger partial charge in [-0.2, -0.15) is 0 Å². The molecule has 0 N–H and O–H groups in total. The zero-order chi connectivity index (χ0) is 14.5. The van der Waals surface area contributed by atoms with Crippen LogP contribution in [0.3, 0.4) is 0 Å². The van der Waals surface area contributed by atoms with E-state index >= 15 is 0 Å². The third-order valence-corrected chi connectivity index (χ3v) is 3.59. The first-order chi connectivity index (χ1) is 9.67. The summed E-state index contributed by atoms with van der Waals surface area (Å²) in [6.07, 6.45) is 3.28. The lowest BCUT2D eigenvalue weighted by Crippen LogP contribution is -2.38. The summed E-state index contributed by atoms with van der Waals surface area (Å²) in [6.45, 7) is 5.29. The zero-order valence-corrected chi connectivity index (χ0v) is 11.9. The van der Waals surface area contributed by atoms with E-state index in [4.69, 9.17) is 4.74 Å². The van der Waals surface area contributed by atoms with Crippen molar-refractivity contribution >= 4 is 11.8 Å². The van der Waals surface area contributed by atoms with Crippen LogP contribution in [0.1, 0.15) is 32.4 Å². The van der Waals surface area contributed by atoms with Crippen molar-refractivity contribution in [3.8, 4) is 0 Å². The number of piperidine rings is 1. The molecule has 0 unspecified atom stereocenters. The molecule has 1 aromatic rings. The third kappa shape index (κ3) is 3.05. The fourth-order valence-electron chi connectivity index (χ4n) is 2.45. The molecule has 5 nitrogen and oxygen atoms in total. The van der Waals surface area contributed by atoms with Gasteiger partial charge in [0.1, 0.15) is 6.33 Å². The lowest BCUT2D eigenvalue weighted by atomic mass is 9.97. The van der Waals surface area contributed by atoms with Crippen molar-refractivity contribution in [3.63, 3.8) is 0 Å². The van der Waals surface area contributed by atoms with Gasteiger partial charge in [-0.05, 0) is 26.2 Å². The Kier molecular flexibility index (Phi) is 4.87. The van der Waals surface area contributed by atoms with E-state index in [0.717, 1.165) is 0 Å². The molecule has 1 aromatic heterocycles. The number of nitrogens with zero attached hydrogens (tertiary/aromatic N) is 3. The molecule has 0 aromatic carbocycles. The summed E-state index contributed by atoms with van der Waals surface area (Å²) in [5, 5.41) is 0. The molecule has 0 spiro atoms. The second kappa shape index (κ2) is 6.63. The summed E-state index contributed by atoms with van der Waals surface area (Å²) in [6, 6.07) is 0. The molecule has 0 aliphatic carbocycles. The average molecular weight is 281 g/mol. The number of anilines is 1. The highest BCUT2D eigenvalue weighted by Gasteiger charge is 2.28. The van der Waals surface area contributed by atoms with E-state index in [0.29, 0.717) is 50.5 Å². The molecule has 1 aliphatic rings. The van der Waals surface area contributed by atoms with Gasteiger partial charge >= 0.3 is 5.97 Å². The SMILES string of the molecule is CCOC(=O)C1CCN(c2ncnc(CC)c2F)CC1. The first kappa shape index (κ1) is 14.7. The van der Waals surface area contributed by atoms with Crippen molar-refractivity contribution in [3.05, 3.63) is 17.8 Å². The van der Waals surface area contributed by atoms with Gasteiger partial charge in [-0.15, -0.1) is 0 Å². The summed E-state index contributed by atoms with van der Waals surface area (Å²) < 4.78 is 19.2. The van der Waals surface area contributed by atoms with Crippen molar-refractivity contribution in [2.45, 2.75) is 33.1 Å². The molecular weight excluding hydrogens is 261 g/mol. The van der Waals surface area contributed by atoms with Gasteiger partial charge in [0.15, 0.2) is 11.6 Å². The molecule has 2 rings (SSSR count). The van der Waals surface area contributed by atoms with Crippen molar-refractivity contribution < 1.29 is 13.9 Å². The van der Waals surface area contributed by atoms with Crippen molar-refractivity contribution in [2.75, 3.05) is 24.6 Å². The highest BCUT2D eigenvalue weighted by atomic mass is 19.1. The topological polar surface area (TPSA) is 55.3 Å². The number of carbonyl (C=O) groups is 1. The second-order valence-corrected chi connectivity index (χ2v) is 4.82. The molecule has 2 heterocycles. The van der Waals surface area contributed by atoms with Crippen LogP contribution in [0, 0.1) is 11.7 Å². The standard InChI is InChI=1S/C14H20FN3O2/c1-3-11-12(15)13(17-9-16-11)18-7-5-10(6-8-18)14(19)20-4-2/h9-10H,3-8H2,1-2H3. The minimum Gasteiger partial charge on any atom is -0.466 e. The van der Waals surface area contributed by atoms with E-state index in [-0.39, 0.29) is 17.7 Å². The van der Waals surface area contributed by atoms with Gasteiger partial charge in [0.2, 0.25) is 0 Å². The molecule has 1 aliphatic heterocycles. The van der Waals surface area contributed by atoms with Crippen LogP contribution in [-0.2, 0) is 16.0 Å². The Hall–Kier alpha value is -1.72. The Labute approximate surface area is 118 Å². The second-order valence-electron chi connectivity index (χ2n) is 4.82. The van der Waals surface area contributed by atoms with Crippen LogP contribution in [0.4, 0.5) is 10.2 Å². The first-order valence-electron chi connectivity index (χ1n) is 7.08. The Morgan fingerprint density at radius 1 is 1.40 bits per heavy atom. The number of carbonyl (C=O) groups excluding carboxylic acids is 1. The number of aryl methyl sites for hydroxylation is 1. The van der Waals surface area contributed by atoms with Crippen LogP contribution in [-0.4, -0.2) is 35.6 Å². The number of halogens is 1. The van der Waals surface area contributed by atoms with Crippen LogP contribution in [0.15, 0.2) is 6.33 Å². The van der Waals surface area contributed by atoms with E-state index in [1.807, 2.05) is 11.8 Å². The highest BCUT2D eigenvalue weighted by Crippen LogP contribution is 2.25. The normalized spacial score (nSPS) is 16.2. The molecule has 0 bridgehead atoms. The monoisotopic (exact) mass is 281 g/mol. The molecule has 0 atom stereocenters. The maximum atomic E-state index is 14.2. The summed E-state index contributed by atoms with van der Waals surface area (Å²) >= 11 is 0. The average Bonchev–Trinajstić information content (AvgIpc) is 2.48. The maximum Gasteiger partial charge on any atom is 0.309 e. The van der Waals surface area contributed by atoms with Gasteiger partial charge in [0.05, 0.1) is 18.2 Å². The lowest BCUT2D eigenvalue weighted by Gasteiger charge is -2.31. The largest absolute Gasteiger partial charge is 0.466 e. The van der Waals surface area contributed by atoms with Gasteiger partial charge in [-0.1, -0.05) is 6.92 Å². The molecule has 0 saturated carbocycles. The molecule has 0 amide bonds. The number of hydrogen-bond donors (Lipinski definition) is 0. The van der Waals surface area contributed by atoms with Crippen LogP contribution in [0.25, 0.3) is 0 Å². The Bertz CT molecular complexity index is 473. The van der Waals surface area contributed by atoms with Crippen LogP contribution < -0.4 is 4.90 Å². The molecule has 1 fully saturated rings. The minimum absolute atomic E-state index is 0.0817. The number of esters is 1. The minimum atomic E-state index is -0.343. The number of aromatic nitrogens is 2. The number of ether oxygens (including phenoxy) is 1. The summed E-state index contributed by atoms with van der Waals surface area (Å²) in [7, 11) is 0. The molecular formula is C14H20FN3O2. The quantitative estimate of drug-likeness (QED) is 0.790. The van der Waals surface area contributed by atoms with E-state index in [1.165, 1.54) is 6.33 Å². The fourth-order valence-corrected chi connectivity index (χ4v) is 2.45. The van der Waals surface area contributed by atoms with Gasteiger partial charge in [-0.3, -0.25) is 4.79 Å². The predicted octanol–water partition coefficient (Wildman–Crippen LogP) is 1.96. The van der Waals surface area contributed by atoms with E-state index < -0.39 is 0 Å². The Balaban J connectivity index is 2.02. The third-order valence-electron chi connectivity index (χ3n) is 3.59. The highest BCUT2D eigenvalue weighted by molar-refractivity contribution is 5.72. The van der Waals surface area contributed by atoms with Crippen LogP contribution in [0.5, 0.6) is 0 Å². The van der Waals surface area contributed by atoms with Crippen molar-refractivity contribution in [1.29, 1.82) is 0 Å². The predicted molar refractivity (Wildman–Crippen MR) is 72.9 cm³/mol. The molecule has 110 valence electrons. The van der Waals surface area contributed by atoms with Gasteiger partial charge in [-0.25, -0.2) is 14.4 Å². The van der Waals surface area contributed by atoms with E-state index in [2.05, 4.69) is 9.97 Å². The van der Waals surface area contributed by atoms with Crippen molar-refractivity contribution in [1.82, 2.24) is 9.97 Å². The van der Waals surface area contributed by atoms with Gasteiger partial charge in [0.25, 0.3) is 0 Å². The zero-order valence-electron chi connectivity index (χ0n) is 11.9. The fraction of sp³-hybridized carbons (Fsp3) is 0.643. The van der Waals surface area contributed by atoms with E-state index in [1.54, 1.807) is 6.92 Å². The Morgan fingerprint density at radius 3 is 2.70 bits per heavy atom. The van der Waals surface area contributed by atoms with Gasteiger partial charge in [0, 0.05) is 13.1 Å². The van der Waals surface area contributed by atoms with Gasteiger partial charge < -0.3 is 9.64 Å². The molecule has 1 saturated heterocycles. The van der Waals surface area contributed by atoms with Crippen LogP contribution in [0.2, 0.25) is 0 Å². The van der Waals surface area contributed by atoms with Crippen LogP contribution >= 0.6 is 0 Å². The Morgan fingerprint density at radius 2 is 2.10 bits per heavy atom. The summed E-state index contributed by atoms with van der Waals surface area (Å²) in [5.41, 5.74) is 0.433. The summed E-state index contributed by atoms with van der Waals surface area (Å²) in [5.74, 6) is -0.227. The molecule has 20 heavy (non-hydrogen) atoms. The molecule has 0 radical (unpaired) electrons. The summed E-state index contributed by atoms with van der Waals surface area (Å²) in [4.78, 5) is 21.5. The maximum absolute atomic E-state index is 14.2. The number of rotatable bonds is 4. The van der Waals surface area contributed by atoms with E-state index in [9.17, 15) is 9.18 Å². The molecule has 6 heteroatoms. The van der Waals surface area contributed by atoms with Crippen molar-refractivity contribution in [2.24, 2.45) is 5.92 Å².